The van der Waals surface area contributed by atoms with E-state index < -0.39 is 0 Å². The third-order valence-electron chi connectivity index (χ3n) is 2.64. The third-order valence-corrected chi connectivity index (χ3v) is 2.64. The van der Waals surface area contributed by atoms with Crippen molar-refractivity contribution >= 4 is 11.6 Å². The van der Waals surface area contributed by atoms with Gasteiger partial charge >= 0.3 is 0 Å². The fourth-order valence-corrected chi connectivity index (χ4v) is 1.63. The van der Waals surface area contributed by atoms with Gasteiger partial charge in [0.25, 0.3) is 0 Å². The number of rotatable bonds is 6. The second-order valence-electron chi connectivity index (χ2n) is 3.83. The van der Waals surface area contributed by atoms with E-state index in [4.69, 9.17) is 4.74 Å². The van der Waals surface area contributed by atoms with Crippen molar-refractivity contribution < 1.29 is 9.53 Å². The van der Waals surface area contributed by atoms with Crippen molar-refractivity contribution in [2.75, 3.05) is 32.6 Å². The van der Waals surface area contributed by atoms with Gasteiger partial charge in [-0.25, -0.2) is 0 Å². The van der Waals surface area contributed by atoms with Gasteiger partial charge in [0.05, 0.1) is 12.8 Å². The molecule has 4 heteroatoms. The number of nitrogens with zero attached hydrogens (tertiary/aromatic N) is 1. The molecular weight excluding hydrogens is 216 g/mol. The highest BCUT2D eigenvalue weighted by atomic mass is 16.5. The highest BCUT2D eigenvalue weighted by Gasteiger charge is 2.13. The number of hydrogen-bond acceptors (Lipinski definition) is 3. The number of carbonyl (C=O) groups excluding carboxylic acids is 1. The Morgan fingerprint density at radius 3 is 2.76 bits per heavy atom. The summed E-state index contributed by atoms with van der Waals surface area (Å²) in [6, 6.07) is 7.53. The smallest absolute Gasteiger partial charge is 0.226 e. The lowest BCUT2D eigenvalue weighted by Crippen LogP contribution is -2.27. The standard InChI is InChI=1S/C13H20N2O2/c1-14-10-6-9-13(16)15(2)11-7-4-5-8-12(11)17-3/h4-5,7-8,14H,6,9-10H2,1-3H3. The summed E-state index contributed by atoms with van der Waals surface area (Å²) >= 11 is 0. The lowest BCUT2D eigenvalue weighted by Gasteiger charge is -2.19. The fraction of sp³-hybridized carbons (Fsp3) is 0.462. The number of para-hydroxylation sites is 2. The summed E-state index contributed by atoms with van der Waals surface area (Å²) in [7, 11) is 5.27. The molecule has 0 aliphatic carbocycles. The summed E-state index contributed by atoms with van der Waals surface area (Å²) in [6.07, 6.45) is 1.38. The zero-order valence-electron chi connectivity index (χ0n) is 10.7. The molecule has 0 radical (unpaired) electrons. The van der Waals surface area contributed by atoms with E-state index in [1.807, 2.05) is 31.3 Å². The quantitative estimate of drug-likeness (QED) is 0.764. The Labute approximate surface area is 103 Å². The number of amides is 1. The molecule has 1 amide bonds. The first-order valence-electron chi connectivity index (χ1n) is 5.75. The van der Waals surface area contributed by atoms with Crippen LogP contribution in [0.4, 0.5) is 5.69 Å². The van der Waals surface area contributed by atoms with Gasteiger partial charge in [-0.1, -0.05) is 12.1 Å². The van der Waals surface area contributed by atoms with Crippen molar-refractivity contribution in [3.63, 3.8) is 0 Å². The second kappa shape index (κ2) is 6.91. The lowest BCUT2D eigenvalue weighted by atomic mass is 10.2. The maximum absolute atomic E-state index is 11.9. The largest absolute Gasteiger partial charge is 0.495 e. The van der Waals surface area contributed by atoms with Gasteiger partial charge in [0, 0.05) is 13.5 Å². The van der Waals surface area contributed by atoms with Gasteiger partial charge in [0.15, 0.2) is 0 Å². The molecule has 0 bridgehead atoms. The zero-order chi connectivity index (χ0) is 12.7. The van der Waals surface area contributed by atoms with Gasteiger partial charge in [0.1, 0.15) is 5.75 Å². The molecule has 1 N–H and O–H groups in total. The highest BCUT2D eigenvalue weighted by Crippen LogP contribution is 2.26. The van der Waals surface area contributed by atoms with Crippen LogP contribution in [0.15, 0.2) is 24.3 Å². The van der Waals surface area contributed by atoms with E-state index in [1.54, 1.807) is 19.1 Å². The van der Waals surface area contributed by atoms with Crippen molar-refractivity contribution in [2.45, 2.75) is 12.8 Å². The van der Waals surface area contributed by atoms with Gasteiger partial charge in [-0.3, -0.25) is 4.79 Å². The molecule has 0 unspecified atom stereocenters. The van der Waals surface area contributed by atoms with Crippen LogP contribution in [-0.2, 0) is 4.79 Å². The predicted molar refractivity (Wildman–Crippen MR) is 69.6 cm³/mol. The molecule has 0 heterocycles. The Hall–Kier alpha value is -1.55. The molecule has 1 aromatic rings. The zero-order valence-corrected chi connectivity index (χ0v) is 10.7. The molecular formula is C13H20N2O2. The van der Waals surface area contributed by atoms with Crippen LogP contribution >= 0.6 is 0 Å². The molecule has 0 saturated carbocycles. The first-order chi connectivity index (χ1) is 8.20. The summed E-state index contributed by atoms with van der Waals surface area (Å²) in [4.78, 5) is 13.6. The molecule has 0 atom stereocenters. The molecule has 0 spiro atoms. The van der Waals surface area contributed by atoms with Crippen LogP contribution in [0, 0.1) is 0 Å². The number of carbonyl (C=O) groups is 1. The lowest BCUT2D eigenvalue weighted by molar-refractivity contribution is -0.118. The topological polar surface area (TPSA) is 41.6 Å². The normalized spacial score (nSPS) is 10.1. The number of anilines is 1. The monoisotopic (exact) mass is 236 g/mol. The van der Waals surface area contributed by atoms with Crippen molar-refractivity contribution in [1.29, 1.82) is 0 Å². The minimum Gasteiger partial charge on any atom is -0.495 e. The van der Waals surface area contributed by atoms with Crippen LogP contribution in [0.1, 0.15) is 12.8 Å². The van der Waals surface area contributed by atoms with E-state index >= 15 is 0 Å². The maximum atomic E-state index is 11.9. The van der Waals surface area contributed by atoms with Crippen molar-refractivity contribution in [1.82, 2.24) is 5.32 Å². The molecule has 94 valence electrons. The van der Waals surface area contributed by atoms with Crippen molar-refractivity contribution in [2.24, 2.45) is 0 Å². The van der Waals surface area contributed by atoms with Crippen LogP contribution in [0.3, 0.4) is 0 Å². The number of ether oxygens (including phenoxy) is 1. The van der Waals surface area contributed by atoms with E-state index in [2.05, 4.69) is 5.32 Å². The van der Waals surface area contributed by atoms with Gasteiger partial charge < -0.3 is 15.0 Å². The Morgan fingerprint density at radius 2 is 2.12 bits per heavy atom. The van der Waals surface area contributed by atoms with Crippen LogP contribution in [0.5, 0.6) is 5.75 Å². The molecule has 0 aliphatic heterocycles. The summed E-state index contributed by atoms with van der Waals surface area (Å²) in [5.41, 5.74) is 0.810. The number of hydrogen-bond donors (Lipinski definition) is 1. The summed E-state index contributed by atoms with van der Waals surface area (Å²) in [5, 5.41) is 3.03. The minimum absolute atomic E-state index is 0.102. The molecule has 0 saturated heterocycles. The van der Waals surface area contributed by atoms with Crippen LogP contribution < -0.4 is 15.0 Å². The van der Waals surface area contributed by atoms with Crippen LogP contribution in [-0.4, -0.2) is 33.7 Å². The fourth-order valence-electron chi connectivity index (χ4n) is 1.63. The average molecular weight is 236 g/mol. The Morgan fingerprint density at radius 1 is 1.41 bits per heavy atom. The van der Waals surface area contributed by atoms with Gasteiger partial charge in [-0.15, -0.1) is 0 Å². The first kappa shape index (κ1) is 13.5. The SMILES string of the molecule is CNCCCC(=O)N(C)c1ccccc1OC. The Kier molecular flexibility index (Phi) is 5.49. The third kappa shape index (κ3) is 3.75. The maximum Gasteiger partial charge on any atom is 0.226 e. The van der Waals surface area contributed by atoms with Crippen molar-refractivity contribution in [3.8, 4) is 5.75 Å². The number of benzene rings is 1. The summed E-state index contributed by atoms with van der Waals surface area (Å²) in [5.74, 6) is 0.821. The van der Waals surface area contributed by atoms with Gasteiger partial charge in [-0.2, -0.15) is 0 Å². The average Bonchev–Trinajstić information content (AvgIpc) is 2.38. The van der Waals surface area contributed by atoms with Crippen LogP contribution in [0.25, 0.3) is 0 Å². The first-order valence-corrected chi connectivity index (χ1v) is 5.75. The van der Waals surface area contributed by atoms with E-state index in [1.165, 1.54) is 0 Å². The number of methoxy groups -OCH3 is 1. The van der Waals surface area contributed by atoms with Gasteiger partial charge in [0.2, 0.25) is 5.91 Å². The van der Waals surface area contributed by atoms with E-state index in [0.29, 0.717) is 6.42 Å². The molecule has 0 fully saturated rings. The van der Waals surface area contributed by atoms with Crippen molar-refractivity contribution in [3.05, 3.63) is 24.3 Å². The second-order valence-corrected chi connectivity index (χ2v) is 3.83. The molecule has 0 aliphatic rings. The summed E-state index contributed by atoms with van der Waals surface area (Å²) < 4.78 is 5.24. The highest BCUT2D eigenvalue weighted by molar-refractivity contribution is 5.94. The van der Waals surface area contributed by atoms with Crippen LogP contribution in [0.2, 0.25) is 0 Å². The molecule has 17 heavy (non-hydrogen) atoms. The molecule has 0 aromatic heterocycles. The summed E-state index contributed by atoms with van der Waals surface area (Å²) in [6.45, 7) is 0.853. The number of nitrogens with one attached hydrogen (secondary N) is 1. The molecule has 4 nitrogen and oxygen atoms in total. The molecule has 1 rings (SSSR count). The van der Waals surface area contributed by atoms with Gasteiger partial charge in [-0.05, 0) is 32.1 Å². The Balaban J connectivity index is 2.67. The van der Waals surface area contributed by atoms with E-state index in [-0.39, 0.29) is 5.91 Å². The van der Waals surface area contributed by atoms with E-state index in [0.717, 1.165) is 24.4 Å². The molecule has 1 aromatic carbocycles. The minimum atomic E-state index is 0.102. The van der Waals surface area contributed by atoms with E-state index in [9.17, 15) is 4.79 Å². The Bertz CT molecular complexity index is 366. The predicted octanol–water partition coefficient (Wildman–Crippen LogP) is 1.66.